The van der Waals surface area contributed by atoms with Gasteiger partial charge in [-0.15, -0.1) is 0 Å². The Morgan fingerprint density at radius 2 is 0.494 bits per heavy atom. The summed E-state index contributed by atoms with van der Waals surface area (Å²) in [6.45, 7) is 6.54. The van der Waals surface area contributed by atoms with Crippen LogP contribution < -0.4 is 0 Å². The molecule has 0 radical (unpaired) electrons. The lowest BCUT2D eigenvalue weighted by Crippen LogP contribution is -2.30. The number of hydrogen-bond donors (Lipinski definition) is 0. The Balaban J connectivity index is 3.96. The van der Waals surface area contributed by atoms with Crippen molar-refractivity contribution in [2.45, 2.75) is 374 Å². The quantitative estimate of drug-likeness (QED) is 0.0261. The van der Waals surface area contributed by atoms with Gasteiger partial charge in [0.05, 0.1) is 0 Å². The van der Waals surface area contributed by atoms with Gasteiger partial charge in [-0.05, 0) is 64.2 Å². The number of ether oxygens (including phenoxy) is 3. The van der Waals surface area contributed by atoms with Crippen LogP contribution in [0.15, 0.2) is 60.8 Å². The van der Waals surface area contributed by atoms with Crippen molar-refractivity contribution in [3.05, 3.63) is 60.8 Å². The van der Waals surface area contributed by atoms with Gasteiger partial charge in [-0.2, -0.15) is 0 Å². The van der Waals surface area contributed by atoms with Gasteiger partial charge in [-0.1, -0.05) is 345 Å². The molecule has 0 fully saturated rings. The molecule has 0 heterocycles. The molecule has 0 aliphatic rings. The van der Waals surface area contributed by atoms with Crippen LogP contribution in [0.2, 0.25) is 0 Å². The van der Waals surface area contributed by atoms with E-state index in [1.54, 1.807) is 0 Å². The van der Waals surface area contributed by atoms with E-state index in [0.29, 0.717) is 19.3 Å². The maximum absolute atomic E-state index is 12.9. The van der Waals surface area contributed by atoms with Crippen LogP contribution in [-0.4, -0.2) is 37.2 Å². The van der Waals surface area contributed by atoms with E-state index in [1.807, 2.05) is 0 Å². The van der Waals surface area contributed by atoms with Crippen molar-refractivity contribution in [3.8, 4) is 0 Å². The molecule has 0 aromatic carbocycles. The normalized spacial score (nSPS) is 12.4. The van der Waals surface area contributed by atoms with E-state index >= 15 is 0 Å². The lowest BCUT2D eigenvalue weighted by molar-refractivity contribution is -0.167. The molecule has 0 amide bonds. The summed E-state index contributed by atoms with van der Waals surface area (Å²) in [5.41, 5.74) is 0. The van der Waals surface area contributed by atoms with Crippen LogP contribution >= 0.6 is 0 Å². The summed E-state index contributed by atoms with van der Waals surface area (Å²) < 4.78 is 16.9. The summed E-state index contributed by atoms with van der Waals surface area (Å²) in [4.78, 5) is 38.1. The fourth-order valence-electron chi connectivity index (χ4n) is 10.4. The largest absolute Gasteiger partial charge is 0.462 e. The van der Waals surface area contributed by atoms with Crippen molar-refractivity contribution in [2.24, 2.45) is 0 Å². The van der Waals surface area contributed by atoms with Crippen LogP contribution in [0.1, 0.15) is 367 Å². The highest BCUT2D eigenvalue weighted by molar-refractivity contribution is 5.71. The molecule has 0 N–H and O–H groups in total. The molecular formula is C73H132O6. The molecule has 6 heteroatoms. The van der Waals surface area contributed by atoms with Gasteiger partial charge in [-0.3, -0.25) is 14.4 Å². The highest BCUT2D eigenvalue weighted by Crippen LogP contribution is 2.18. The molecular weight excluding hydrogens is 973 g/mol. The summed E-state index contributed by atoms with van der Waals surface area (Å²) in [5.74, 6) is -0.848. The molecule has 6 nitrogen and oxygen atoms in total. The number of esters is 3. The molecule has 0 saturated heterocycles. The first-order valence-electron chi connectivity index (χ1n) is 34.8. The topological polar surface area (TPSA) is 78.9 Å². The highest BCUT2D eigenvalue weighted by atomic mass is 16.6. The Hall–Kier alpha value is -2.89. The first kappa shape index (κ1) is 76.1. The minimum atomic E-state index is -0.766. The maximum Gasteiger partial charge on any atom is 0.306 e. The van der Waals surface area contributed by atoms with Crippen molar-refractivity contribution in [1.82, 2.24) is 0 Å². The lowest BCUT2D eigenvalue weighted by Gasteiger charge is -2.18. The molecule has 0 aromatic rings. The van der Waals surface area contributed by atoms with Gasteiger partial charge in [0.2, 0.25) is 0 Å². The van der Waals surface area contributed by atoms with Gasteiger partial charge in [0, 0.05) is 19.3 Å². The molecule has 0 spiro atoms. The van der Waals surface area contributed by atoms with E-state index < -0.39 is 6.10 Å². The molecule has 0 aliphatic carbocycles. The van der Waals surface area contributed by atoms with E-state index in [-0.39, 0.29) is 31.1 Å². The molecule has 0 bridgehead atoms. The first-order chi connectivity index (χ1) is 39.0. The summed E-state index contributed by atoms with van der Waals surface area (Å²) in [6, 6.07) is 0. The third kappa shape index (κ3) is 65.8. The Morgan fingerprint density at radius 3 is 0.772 bits per heavy atom. The highest BCUT2D eigenvalue weighted by Gasteiger charge is 2.19. The summed E-state index contributed by atoms with van der Waals surface area (Å²) in [5, 5.41) is 0. The molecule has 0 rings (SSSR count). The SMILES string of the molecule is CC/C=C\C/C=C\C/C=C\C/C=C\C/C=C\CCCCCCCCCCCCCCCCCCCCCC(=O)OCC(COC(=O)CCCCCCCCC)OC(=O)CCCCCCCCCCCCCCCCCCCCC. The fraction of sp³-hybridized carbons (Fsp3) is 0.822. The van der Waals surface area contributed by atoms with Crippen molar-refractivity contribution >= 4 is 17.9 Å². The Kier molecular flexibility index (Phi) is 65.1. The standard InChI is InChI=1S/C73H132O6/c1-4-7-10-13-16-18-20-22-24-26-28-29-30-31-32-33-34-35-36-37-38-39-40-41-42-43-45-46-48-50-52-54-57-60-63-66-72(75)78-69-70(68-77-71(74)65-62-59-56-15-12-9-6-3)79-73(76)67-64-61-58-55-53-51-49-47-44-27-25-23-21-19-17-14-11-8-5-2/h7,10,16,18,22,24,28-29,31-32,70H,4-6,8-9,11-15,17,19-21,23,25-27,30,33-69H2,1-3H3/b10-7-,18-16-,24-22-,29-28-,32-31-. The smallest absolute Gasteiger partial charge is 0.306 e. The molecule has 0 aromatic heterocycles. The third-order valence-corrected chi connectivity index (χ3v) is 15.5. The number of rotatable bonds is 64. The van der Waals surface area contributed by atoms with E-state index in [2.05, 4.69) is 81.5 Å². The minimum Gasteiger partial charge on any atom is -0.462 e. The zero-order valence-corrected chi connectivity index (χ0v) is 52.9. The van der Waals surface area contributed by atoms with Gasteiger partial charge >= 0.3 is 17.9 Å². The van der Waals surface area contributed by atoms with Crippen LogP contribution in [-0.2, 0) is 28.6 Å². The average Bonchev–Trinajstić information content (AvgIpc) is 3.45. The van der Waals surface area contributed by atoms with Crippen molar-refractivity contribution in [3.63, 3.8) is 0 Å². The van der Waals surface area contributed by atoms with E-state index in [0.717, 1.165) is 89.9 Å². The van der Waals surface area contributed by atoms with Crippen LogP contribution in [0.5, 0.6) is 0 Å². The van der Waals surface area contributed by atoms with Crippen LogP contribution in [0.4, 0.5) is 0 Å². The minimum absolute atomic E-state index is 0.0667. The van der Waals surface area contributed by atoms with E-state index in [9.17, 15) is 14.4 Å². The van der Waals surface area contributed by atoms with Crippen molar-refractivity contribution < 1.29 is 28.6 Å². The number of allylic oxidation sites excluding steroid dienone is 10. The van der Waals surface area contributed by atoms with E-state index in [1.165, 1.54) is 238 Å². The first-order valence-corrected chi connectivity index (χ1v) is 34.8. The van der Waals surface area contributed by atoms with Gasteiger partial charge < -0.3 is 14.2 Å². The van der Waals surface area contributed by atoms with Gasteiger partial charge in [0.1, 0.15) is 13.2 Å². The third-order valence-electron chi connectivity index (χ3n) is 15.5. The average molecular weight is 1110 g/mol. The monoisotopic (exact) mass is 1110 g/mol. The Bertz CT molecular complexity index is 1410. The van der Waals surface area contributed by atoms with Crippen molar-refractivity contribution in [1.29, 1.82) is 0 Å². The maximum atomic E-state index is 12.9. The van der Waals surface area contributed by atoms with Gasteiger partial charge in [0.15, 0.2) is 6.10 Å². The second kappa shape index (κ2) is 67.6. The number of unbranched alkanes of at least 4 members (excludes halogenated alkanes) is 43. The molecule has 0 saturated carbocycles. The van der Waals surface area contributed by atoms with E-state index in [4.69, 9.17) is 14.2 Å². The predicted molar refractivity (Wildman–Crippen MR) is 344 cm³/mol. The van der Waals surface area contributed by atoms with Gasteiger partial charge in [0.25, 0.3) is 0 Å². The predicted octanol–water partition coefficient (Wildman–Crippen LogP) is 23.9. The Morgan fingerprint density at radius 1 is 0.266 bits per heavy atom. The summed E-state index contributed by atoms with van der Waals surface area (Å²) in [6.07, 6.45) is 87.1. The van der Waals surface area contributed by atoms with Crippen LogP contribution in [0.3, 0.4) is 0 Å². The zero-order chi connectivity index (χ0) is 57.1. The molecule has 460 valence electrons. The van der Waals surface area contributed by atoms with Crippen LogP contribution in [0.25, 0.3) is 0 Å². The molecule has 0 aliphatic heterocycles. The Labute approximate surface area is 491 Å². The lowest BCUT2D eigenvalue weighted by atomic mass is 10.0. The van der Waals surface area contributed by atoms with Gasteiger partial charge in [-0.25, -0.2) is 0 Å². The van der Waals surface area contributed by atoms with Crippen LogP contribution in [0, 0.1) is 0 Å². The van der Waals surface area contributed by atoms with Crippen molar-refractivity contribution in [2.75, 3.05) is 13.2 Å². The number of hydrogen-bond acceptors (Lipinski definition) is 6. The summed E-state index contributed by atoms with van der Waals surface area (Å²) in [7, 11) is 0. The summed E-state index contributed by atoms with van der Waals surface area (Å²) >= 11 is 0. The second-order valence-corrected chi connectivity index (χ2v) is 23.4. The number of carbonyl (C=O) groups excluding carboxylic acids is 3. The zero-order valence-electron chi connectivity index (χ0n) is 52.9. The molecule has 1 atom stereocenters. The fourth-order valence-corrected chi connectivity index (χ4v) is 10.4. The molecule has 79 heavy (non-hydrogen) atoms. The molecule has 1 unspecified atom stereocenters. The number of carbonyl (C=O) groups is 3. The second-order valence-electron chi connectivity index (χ2n) is 23.4.